The summed E-state index contributed by atoms with van der Waals surface area (Å²) in [5.41, 5.74) is 3.08. The van der Waals surface area contributed by atoms with Crippen LogP contribution < -0.4 is 10.6 Å². The van der Waals surface area contributed by atoms with Crippen LogP contribution in [0.5, 0.6) is 5.75 Å². The van der Waals surface area contributed by atoms with E-state index < -0.39 is 0 Å². The number of benzene rings is 1. The number of anilines is 1. The number of fused-ring (bicyclic) bond motifs is 1. The summed E-state index contributed by atoms with van der Waals surface area (Å²) in [6.45, 7) is 4.05. The van der Waals surface area contributed by atoms with E-state index in [1.807, 2.05) is 31.2 Å². The van der Waals surface area contributed by atoms with Gasteiger partial charge < -0.3 is 15.7 Å². The number of pyridine rings is 1. The van der Waals surface area contributed by atoms with Gasteiger partial charge in [-0.3, -0.25) is 14.7 Å². The summed E-state index contributed by atoms with van der Waals surface area (Å²) in [5.74, 6) is 1.37. The van der Waals surface area contributed by atoms with E-state index in [1.54, 1.807) is 6.07 Å². The summed E-state index contributed by atoms with van der Waals surface area (Å²) in [5, 5.41) is 16.7. The number of hydrogen-bond donors (Lipinski definition) is 3. The van der Waals surface area contributed by atoms with E-state index in [4.69, 9.17) is 0 Å². The minimum absolute atomic E-state index is 0.0128. The van der Waals surface area contributed by atoms with Crippen molar-refractivity contribution in [1.82, 2.24) is 25.2 Å². The quantitative estimate of drug-likeness (QED) is 0.535. The number of aryl methyl sites for hydroxylation is 1. The van der Waals surface area contributed by atoms with Crippen molar-refractivity contribution in [2.45, 2.75) is 50.6 Å². The number of likely N-dealkylation sites (tertiary alicyclic amines) is 1. The summed E-state index contributed by atoms with van der Waals surface area (Å²) >= 11 is 0. The van der Waals surface area contributed by atoms with E-state index in [9.17, 15) is 9.90 Å². The van der Waals surface area contributed by atoms with Crippen molar-refractivity contribution in [2.24, 2.45) is 0 Å². The highest BCUT2D eigenvalue weighted by molar-refractivity contribution is 5.91. The molecule has 3 heterocycles. The Bertz CT molecular complexity index is 1120. The van der Waals surface area contributed by atoms with Crippen LogP contribution in [0.25, 0.3) is 10.9 Å². The molecule has 8 heteroatoms. The lowest BCUT2D eigenvalue weighted by Gasteiger charge is -2.46. The summed E-state index contributed by atoms with van der Waals surface area (Å²) in [7, 11) is 0. The second-order valence-electron chi connectivity index (χ2n) is 9.26. The Balaban J connectivity index is 1.05. The third-order valence-electron chi connectivity index (χ3n) is 6.88. The first kappa shape index (κ1) is 21.6. The molecule has 2 fully saturated rings. The highest BCUT2D eigenvalue weighted by Gasteiger charge is 2.35. The van der Waals surface area contributed by atoms with Gasteiger partial charge in [-0.1, -0.05) is 11.6 Å². The number of nitrogens with zero attached hydrogens (tertiary/aromatic N) is 4. The lowest BCUT2D eigenvalue weighted by Crippen LogP contribution is -2.63. The van der Waals surface area contributed by atoms with E-state index in [-0.39, 0.29) is 24.2 Å². The zero-order chi connectivity index (χ0) is 22.8. The molecule has 3 aromatic rings. The molecule has 0 radical (unpaired) electrons. The van der Waals surface area contributed by atoms with Gasteiger partial charge in [0.25, 0.3) is 0 Å². The maximum atomic E-state index is 12.5. The Hall–Kier alpha value is -3.26. The van der Waals surface area contributed by atoms with Crippen LogP contribution in [-0.4, -0.2) is 62.6 Å². The fourth-order valence-corrected chi connectivity index (χ4v) is 5.03. The van der Waals surface area contributed by atoms with E-state index in [2.05, 4.69) is 30.5 Å². The number of carbonyl (C=O) groups is 1. The van der Waals surface area contributed by atoms with Crippen LogP contribution in [0.15, 0.2) is 42.9 Å². The molecule has 33 heavy (non-hydrogen) atoms. The molecule has 0 spiro atoms. The molecule has 8 nitrogen and oxygen atoms in total. The summed E-state index contributed by atoms with van der Waals surface area (Å²) in [6, 6.07) is 10.5. The van der Waals surface area contributed by atoms with Gasteiger partial charge in [0.2, 0.25) is 5.91 Å². The topological polar surface area (TPSA) is 103 Å². The Morgan fingerprint density at radius 2 is 1.91 bits per heavy atom. The first-order valence-electron chi connectivity index (χ1n) is 11.7. The Kier molecular flexibility index (Phi) is 6.09. The van der Waals surface area contributed by atoms with Gasteiger partial charge in [0, 0.05) is 36.1 Å². The fraction of sp³-hybridized carbons (Fsp3) is 0.440. The first-order chi connectivity index (χ1) is 16.0. The number of rotatable bonds is 6. The lowest BCUT2D eigenvalue weighted by atomic mass is 9.82. The van der Waals surface area contributed by atoms with E-state index >= 15 is 0 Å². The summed E-state index contributed by atoms with van der Waals surface area (Å²) < 4.78 is 0. The van der Waals surface area contributed by atoms with Crippen molar-refractivity contribution in [1.29, 1.82) is 0 Å². The molecule has 1 saturated carbocycles. The molecule has 1 saturated heterocycles. The van der Waals surface area contributed by atoms with E-state index in [0.717, 1.165) is 60.9 Å². The molecule has 2 aromatic heterocycles. The molecule has 0 unspecified atom stereocenters. The highest BCUT2D eigenvalue weighted by atomic mass is 16.3. The van der Waals surface area contributed by atoms with E-state index in [1.165, 1.54) is 12.5 Å². The van der Waals surface area contributed by atoms with Gasteiger partial charge >= 0.3 is 0 Å². The smallest absolute Gasteiger partial charge is 0.239 e. The van der Waals surface area contributed by atoms with Gasteiger partial charge in [-0.15, -0.1) is 0 Å². The number of amides is 1. The molecule has 1 aliphatic heterocycles. The Morgan fingerprint density at radius 3 is 2.67 bits per heavy atom. The van der Waals surface area contributed by atoms with E-state index in [0.29, 0.717) is 17.8 Å². The van der Waals surface area contributed by atoms with Crippen molar-refractivity contribution in [2.75, 3.05) is 25.0 Å². The van der Waals surface area contributed by atoms with Crippen molar-refractivity contribution < 1.29 is 9.90 Å². The molecular weight excluding hydrogens is 416 g/mol. The standard InChI is InChI=1S/C25H30N6O2/c1-16-2-8-23-21(10-16)25(29-15-28-23)27-12-24(33)30-18-13-31(14-18)19-5-3-17(4-6-19)22-9-7-20(32)11-26-22/h2,7-11,15,17-19,32H,3-6,12-14H2,1H3,(H,30,33)(H,27,28,29). The monoisotopic (exact) mass is 446 g/mol. The second kappa shape index (κ2) is 9.31. The molecular formula is C25H30N6O2. The zero-order valence-corrected chi connectivity index (χ0v) is 18.9. The van der Waals surface area contributed by atoms with Crippen molar-refractivity contribution in [3.8, 4) is 5.75 Å². The van der Waals surface area contributed by atoms with Gasteiger partial charge in [0.15, 0.2) is 0 Å². The van der Waals surface area contributed by atoms with Gasteiger partial charge in [0.1, 0.15) is 17.9 Å². The third-order valence-corrected chi connectivity index (χ3v) is 6.88. The van der Waals surface area contributed by atoms with Crippen molar-refractivity contribution in [3.63, 3.8) is 0 Å². The second-order valence-corrected chi connectivity index (χ2v) is 9.26. The average molecular weight is 447 g/mol. The molecule has 0 atom stereocenters. The number of nitrogens with one attached hydrogen (secondary N) is 2. The minimum Gasteiger partial charge on any atom is -0.506 e. The molecule has 1 aliphatic carbocycles. The van der Waals surface area contributed by atoms with Crippen LogP contribution in [0.2, 0.25) is 0 Å². The molecule has 3 N–H and O–H groups in total. The molecule has 172 valence electrons. The average Bonchev–Trinajstić information content (AvgIpc) is 2.80. The number of carbonyl (C=O) groups excluding carboxylic acids is 1. The lowest BCUT2D eigenvalue weighted by molar-refractivity contribution is -0.121. The van der Waals surface area contributed by atoms with Crippen LogP contribution in [0.4, 0.5) is 5.82 Å². The Morgan fingerprint density at radius 1 is 1.09 bits per heavy atom. The zero-order valence-electron chi connectivity index (χ0n) is 18.9. The van der Waals surface area contributed by atoms with Crippen LogP contribution in [0, 0.1) is 6.92 Å². The summed E-state index contributed by atoms with van der Waals surface area (Å²) in [4.78, 5) is 27.9. The van der Waals surface area contributed by atoms with Gasteiger partial charge in [-0.25, -0.2) is 9.97 Å². The molecule has 2 aliphatic rings. The van der Waals surface area contributed by atoms with Gasteiger partial charge in [-0.2, -0.15) is 0 Å². The van der Waals surface area contributed by atoms with Crippen LogP contribution in [0.1, 0.15) is 42.9 Å². The molecule has 0 bridgehead atoms. The van der Waals surface area contributed by atoms with Crippen LogP contribution >= 0.6 is 0 Å². The predicted molar refractivity (Wildman–Crippen MR) is 127 cm³/mol. The first-order valence-corrected chi connectivity index (χ1v) is 11.7. The third kappa shape index (κ3) is 4.90. The highest BCUT2D eigenvalue weighted by Crippen LogP contribution is 2.35. The van der Waals surface area contributed by atoms with Gasteiger partial charge in [-0.05, 0) is 56.9 Å². The SMILES string of the molecule is Cc1ccc2ncnc(NCC(=O)NC3CN(C4CCC(c5ccc(O)cn5)CC4)C3)c2c1. The predicted octanol–water partition coefficient (Wildman–Crippen LogP) is 2.98. The normalized spacial score (nSPS) is 21.5. The molecule has 1 aromatic carbocycles. The maximum Gasteiger partial charge on any atom is 0.239 e. The maximum absolute atomic E-state index is 12.5. The minimum atomic E-state index is -0.0128. The van der Waals surface area contributed by atoms with Crippen LogP contribution in [0.3, 0.4) is 0 Å². The summed E-state index contributed by atoms with van der Waals surface area (Å²) in [6.07, 6.45) is 7.59. The molecule has 5 rings (SSSR count). The van der Waals surface area contributed by atoms with Crippen molar-refractivity contribution >= 4 is 22.6 Å². The van der Waals surface area contributed by atoms with Crippen molar-refractivity contribution in [3.05, 3.63) is 54.1 Å². The largest absolute Gasteiger partial charge is 0.506 e. The number of aromatic nitrogens is 3. The number of hydrogen-bond acceptors (Lipinski definition) is 7. The number of aromatic hydroxyl groups is 1. The fourth-order valence-electron chi connectivity index (χ4n) is 5.03. The Labute approximate surface area is 193 Å². The van der Waals surface area contributed by atoms with Crippen LogP contribution in [-0.2, 0) is 4.79 Å². The van der Waals surface area contributed by atoms with Gasteiger partial charge in [0.05, 0.1) is 24.3 Å². The molecule has 1 amide bonds.